The number of carboxylic acids is 1. The summed E-state index contributed by atoms with van der Waals surface area (Å²) in [5, 5.41) is 30.4. The molecule has 2 N–H and O–H groups in total. The number of aryl methyl sites for hydroxylation is 2. The van der Waals surface area contributed by atoms with Crippen LogP contribution in [0.4, 0.5) is 8.78 Å². The Labute approximate surface area is 199 Å². The largest absolute Gasteiger partial charge is 0.507 e. The average Bonchev–Trinajstić information content (AvgIpc) is 3.28. The second kappa shape index (κ2) is 8.26. The van der Waals surface area contributed by atoms with Gasteiger partial charge >= 0.3 is 5.97 Å². The molecule has 4 rings (SSSR count). The van der Waals surface area contributed by atoms with Crippen LogP contribution in [-0.4, -0.2) is 20.7 Å². The molecule has 0 aliphatic rings. The monoisotopic (exact) mass is 480 g/mol. The zero-order chi connectivity index (χ0) is 24.9. The minimum atomic E-state index is -1.08. The number of thiophene rings is 1. The fraction of sp³-hybridized carbons (Fsp3) is 0.231. The topological polar surface area (TPSA) is 86.2 Å². The Morgan fingerprint density at radius 2 is 1.85 bits per heavy atom. The molecule has 0 aliphatic carbocycles. The number of rotatable bonds is 5. The molecule has 5 nitrogen and oxygen atoms in total. The van der Waals surface area contributed by atoms with Gasteiger partial charge in [-0.05, 0) is 55.3 Å². The van der Waals surface area contributed by atoms with Crippen molar-refractivity contribution in [3.05, 3.63) is 69.7 Å². The first-order chi connectivity index (χ1) is 16.0. The Balaban J connectivity index is 2.26. The minimum Gasteiger partial charge on any atom is -0.507 e. The molecule has 0 fully saturated rings. The first-order valence-corrected chi connectivity index (χ1v) is 11.3. The van der Waals surface area contributed by atoms with E-state index in [1.54, 1.807) is 36.6 Å². The van der Waals surface area contributed by atoms with Gasteiger partial charge in [0, 0.05) is 39.7 Å². The van der Waals surface area contributed by atoms with E-state index in [9.17, 15) is 29.1 Å². The van der Waals surface area contributed by atoms with Gasteiger partial charge in [0.1, 0.15) is 22.3 Å². The lowest BCUT2D eigenvalue weighted by Gasteiger charge is -2.26. The quantitative estimate of drug-likeness (QED) is 0.327. The highest BCUT2D eigenvalue weighted by atomic mass is 32.1. The van der Waals surface area contributed by atoms with Crippen molar-refractivity contribution in [3.8, 4) is 27.9 Å². The summed E-state index contributed by atoms with van der Waals surface area (Å²) in [6.45, 7) is 7.10. The predicted octanol–water partition coefficient (Wildman–Crippen LogP) is 6.85. The predicted molar refractivity (Wildman–Crippen MR) is 128 cm³/mol. The molecule has 34 heavy (non-hydrogen) atoms. The van der Waals surface area contributed by atoms with Crippen molar-refractivity contribution in [1.29, 1.82) is 5.26 Å². The second-order valence-corrected chi connectivity index (χ2v) is 10.0. The Morgan fingerprint density at radius 1 is 1.15 bits per heavy atom. The van der Waals surface area contributed by atoms with Crippen LogP contribution in [0.1, 0.15) is 46.8 Å². The van der Waals surface area contributed by atoms with E-state index in [4.69, 9.17) is 0 Å². The van der Waals surface area contributed by atoms with E-state index in [-0.39, 0.29) is 17.0 Å². The van der Waals surface area contributed by atoms with Crippen LogP contribution in [0.3, 0.4) is 0 Å². The SMILES string of the molecule is Cc1cc(-n2c(C(C)(C)CC#N)c(-c3sc(C(=O)O)cc3C)c3c(O)cc(F)cc32)ccc1F. The summed E-state index contributed by atoms with van der Waals surface area (Å²) in [5.41, 5.74) is 2.26. The fourth-order valence-corrected chi connectivity index (χ4v) is 5.44. The molecule has 0 atom stereocenters. The van der Waals surface area contributed by atoms with Gasteiger partial charge in [-0.25, -0.2) is 13.6 Å². The van der Waals surface area contributed by atoms with Crippen molar-refractivity contribution in [2.45, 2.75) is 39.5 Å². The number of halogens is 2. The average molecular weight is 481 g/mol. The van der Waals surface area contributed by atoms with Crippen molar-refractivity contribution in [2.75, 3.05) is 0 Å². The molecule has 0 unspecified atom stereocenters. The second-order valence-electron chi connectivity index (χ2n) is 8.96. The van der Waals surface area contributed by atoms with E-state index in [0.29, 0.717) is 43.9 Å². The molecule has 0 spiro atoms. The van der Waals surface area contributed by atoms with E-state index in [0.717, 1.165) is 17.4 Å². The maximum absolute atomic E-state index is 14.6. The molecule has 0 radical (unpaired) electrons. The number of carbonyl (C=O) groups is 1. The first-order valence-electron chi connectivity index (χ1n) is 10.5. The molecular formula is C26H22F2N2O3S. The van der Waals surface area contributed by atoms with Crippen LogP contribution in [0.15, 0.2) is 36.4 Å². The summed E-state index contributed by atoms with van der Waals surface area (Å²) in [7, 11) is 0. The lowest BCUT2D eigenvalue weighted by atomic mass is 9.82. The zero-order valence-corrected chi connectivity index (χ0v) is 19.8. The third-order valence-corrected chi connectivity index (χ3v) is 7.17. The molecule has 2 heterocycles. The third-order valence-electron chi connectivity index (χ3n) is 5.93. The van der Waals surface area contributed by atoms with Gasteiger partial charge in [-0.2, -0.15) is 5.26 Å². The van der Waals surface area contributed by atoms with Gasteiger partial charge in [0.2, 0.25) is 0 Å². The molecule has 4 aromatic rings. The number of aromatic nitrogens is 1. The van der Waals surface area contributed by atoms with Crippen LogP contribution >= 0.6 is 11.3 Å². The summed E-state index contributed by atoms with van der Waals surface area (Å²) in [6, 6.07) is 10.5. The maximum Gasteiger partial charge on any atom is 0.345 e. The van der Waals surface area contributed by atoms with E-state index < -0.39 is 23.0 Å². The van der Waals surface area contributed by atoms with Crippen LogP contribution < -0.4 is 0 Å². The number of fused-ring (bicyclic) bond motifs is 1. The molecule has 8 heteroatoms. The minimum absolute atomic E-state index is 0.0932. The Kier molecular flexibility index (Phi) is 5.70. The molecule has 0 aliphatic heterocycles. The van der Waals surface area contributed by atoms with Crippen LogP contribution in [0.5, 0.6) is 5.75 Å². The van der Waals surface area contributed by atoms with E-state index in [2.05, 4.69) is 6.07 Å². The number of nitriles is 1. The lowest BCUT2D eigenvalue weighted by molar-refractivity contribution is 0.0702. The summed E-state index contributed by atoms with van der Waals surface area (Å²) >= 11 is 1.05. The molecule has 2 aromatic carbocycles. The van der Waals surface area contributed by atoms with Crippen LogP contribution in [0, 0.1) is 36.8 Å². The number of hydrogen-bond donors (Lipinski definition) is 2. The molecule has 0 saturated heterocycles. The molecule has 174 valence electrons. The number of nitrogens with zero attached hydrogens (tertiary/aromatic N) is 2. The fourth-order valence-electron chi connectivity index (χ4n) is 4.38. The highest BCUT2D eigenvalue weighted by Gasteiger charge is 2.34. The van der Waals surface area contributed by atoms with Gasteiger partial charge in [-0.1, -0.05) is 13.8 Å². The molecule has 0 saturated carbocycles. The standard InChI is InChI=1S/C26H22F2N2O3S/c1-13-9-16(5-6-17(13)28)30-18-11-15(27)12-19(31)21(18)22(24(30)26(3,4)7-8-29)23-14(2)10-20(34-23)25(32)33/h5-6,9-12,31H,7H2,1-4H3,(H,32,33). The number of benzene rings is 2. The van der Waals surface area contributed by atoms with E-state index in [1.165, 1.54) is 12.1 Å². The Morgan fingerprint density at radius 3 is 2.44 bits per heavy atom. The maximum atomic E-state index is 14.6. The van der Waals surface area contributed by atoms with Crippen LogP contribution in [-0.2, 0) is 5.41 Å². The van der Waals surface area contributed by atoms with Crippen molar-refractivity contribution in [1.82, 2.24) is 4.57 Å². The highest BCUT2D eigenvalue weighted by molar-refractivity contribution is 7.17. The number of phenolic OH excluding ortho intramolecular Hbond substituents is 1. The zero-order valence-electron chi connectivity index (χ0n) is 19.0. The van der Waals surface area contributed by atoms with E-state index in [1.807, 2.05) is 13.8 Å². The summed E-state index contributed by atoms with van der Waals surface area (Å²) in [4.78, 5) is 12.4. The van der Waals surface area contributed by atoms with Crippen molar-refractivity contribution in [3.63, 3.8) is 0 Å². The van der Waals surface area contributed by atoms with Gasteiger partial charge in [0.05, 0.1) is 17.0 Å². The lowest BCUT2D eigenvalue weighted by Crippen LogP contribution is -2.21. The first kappa shape index (κ1) is 23.5. The molecular weight excluding hydrogens is 458 g/mol. The molecule has 0 bridgehead atoms. The number of aromatic hydroxyl groups is 1. The van der Waals surface area contributed by atoms with Gasteiger partial charge in [0.15, 0.2) is 0 Å². The smallest absolute Gasteiger partial charge is 0.345 e. The third kappa shape index (κ3) is 3.72. The number of carboxylic acid groups (broad SMARTS) is 1. The van der Waals surface area contributed by atoms with Gasteiger partial charge < -0.3 is 14.8 Å². The Hall–Kier alpha value is -3.70. The van der Waals surface area contributed by atoms with Gasteiger partial charge in [-0.3, -0.25) is 0 Å². The number of hydrogen-bond acceptors (Lipinski definition) is 4. The molecule has 0 amide bonds. The highest BCUT2D eigenvalue weighted by Crippen LogP contribution is 2.49. The van der Waals surface area contributed by atoms with Crippen LogP contribution in [0.25, 0.3) is 27.0 Å². The van der Waals surface area contributed by atoms with Crippen LogP contribution in [0.2, 0.25) is 0 Å². The molecule has 2 aromatic heterocycles. The van der Waals surface area contributed by atoms with Gasteiger partial charge in [-0.15, -0.1) is 11.3 Å². The number of aromatic carboxylic acids is 1. The van der Waals surface area contributed by atoms with Gasteiger partial charge in [0.25, 0.3) is 0 Å². The summed E-state index contributed by atoms with van der Waals surface area (Å²) in [5.74, 6) is -2.44. The summed E-state index contributed by atoms with van der Waals surface area (Å²) in [6.07, 6.45) is 0.0932. The van der Waals surface area contributed by atoms with Crippen molar-refractivity contribution in [2.24, 2.45) is 0 Å². The summed E-state index contributed by atoms with van der Waals surface area (Å²) < 4.78 is 30.4. The van der Waals surface area contributed by atoms with Crippen molar-refractivity contribution >= 4 is 28.2 Å². The Bertz CT molecular complexity index is 1510. The van der Waals surface area contributed by atoms with Crippen molar-refractivity contribution < 1.29 is 23.8 Å². The van der Waals surface area contributed by atoms with E-state index >= 15 is 0 Å². The normalized spacial score (nSPS) is 11.7. The number of phenols is 1.